The van der Waals surface area contributed by atoms with Crippen LogP contribution in [0.3, 0.4) is 0 Å². The summed E-state index contributed by atoms with van der Waals surface area (Å²) in [6, 6.07) is 42.7. The molecule has 9 rings (SSSR count). The van der Waals surface area contributed by atoms with Crippen LogP contribution in [0.2, 0.25) is 0 Å². The number of Topliss-reactive ketones (excluding diaryl/α,β-unsaturated/α-hetero) is 1. The summed E-state index contributed by atoms with van der Waals surface area (Å²) in [4.78, 5) is 42.4. The molecule has 2 heterocycles. The summed E-state index contributed by atoms with van der Waals surface area (Å²) in [5.41, 5.74) is 3.31. The molecule has 0 saturated carbocycles. The normalized spacial score (nSPS) is 12.3. The fraction of sp³-hybridized carbons (Fsp3) is 0.0222. The SMILES string of the molecule is Cn1c(=O)c(N=Nc2ccc(C(=O)c3ccccc3)cc2)c(O)c2ccccc21.O=C1C(c2nc3ccccc3cc2O)=C(O)c2cc3ccccc3cc21. The number of carbonyl (C=O) groups excluding carboxylic acids is 2. The maximum absolute atomic E-state index is 13.0. The number of aliphatic hydroxyl groups excluding tert-OH is 1. The highest BCUT2D eigenvalue weighted by Crippen LogP contribution is 2.41. The van der Waals surface area contributed by atoms with E-state index in [4.69, 9.17) is 0 Å². The van der Waals surface area contributed by atoms with Gasteiger partial charge < -0.3 is 19.9 Å². The number of aromatic nitrogens is 2. The second-order valence-electron chi connectivity index (χ2n) is 12.9. The van der Waals surface area contributed by atoms with Crippen LogP contribution >= 0.6 is 0 Å². The number of fused-ring (bicyclic) bond motifs is 4. The van der Waals surface area contributed by atoms with E-state index in [0.29, 0.717) is 44.4 Å². The smallest absolute Gasteiger partial charge is 0.282 e. The van der Waals surface area contributed by atoms with Crippen LogP contribution < -0.4 is 5.56 Å². The lowest BCUT2D eigenvalue weighted by atomic mass is 10.0. The summed E-state index contributed by atoms with van der Waals surface area (Å²) in [6.07, 6.45) is 0. The standard InChI is InChI=1S/C23H17N3O3.C22H13NO3/c1-26-19-10-6-5-9-18(19)22(28)20(23(26)29)25-24-17-13-11-16(12-14-17)21(27)15-7-3-2-4-8-15;24-18-11-14-7-3-4-8-17(14)23-20(18)19-21(25)15-9-12-5-1-2-6-13(12)10-16(15)22(19)26/h2-14,28H,1H3;1-11,24-25H. The molecule has 266 valence electrons. The van der Waals surface area contributed by atoms with Crippen LogP contribution in [0.1, 0.15) is 37.5 Å². The summed E-state index contributed by atoms with van der Waals surface area (Å²) in [5, 5.41) is 42.8. The maximum Gasteiger partial charge on any atom is 0.282 e. The minimum atomic E-state index is -0.444. The van der Waals surface area contributed by atoms with Crippen LogP contribution in [-0.4, -0.2) is 36.4 Å². The van der Waals surface area contributed by atoms with Crippen molar-refractivity contribution in [3.05, 3.63) is 184 Å². The molecule has 0 saturated heterocycles. The number of rotatable bonds is 5. The predicted molar refractivity (Wildman–Crippen MR) is 212 cm³/mol. The van der Waals surface area contributed by atoms with E-state index in [1.54, 1.807) is 92.0 Å². The summed E-state index contributed by atoms with van der Waals surface area (Å²) >= 11 is 0. The number of aryl methyl sites for hydroxylation is 1. The zero-order valence-electron chi connectivity index (χ0n) is 29.2. The largest absolute Gasteiger partial charge is 0.506 e. The van der Waals surface area contributed by atoms with Gasteiger partial charge in [-0.15, -0.1) is 5.11 Å². The van der Waals surface area contributed by atoms with Crippen molar-refractivity contribution in [2.24, 2.45) is 17.3 Å². The maximum atomic E-state index is 13.0. The summed E-state index contributed by atoms with van der Waals surface area (Å²) < 4.78 is 1.42. The molecule has 0 spiro atoms. The van der Waals surface area contributed by atoms with Crippen molar-refractivity contribution in [3.8, 4) is 11.5 Å². The molecular weight excluding hydrogens is 693 g/mol. The zero-order valence-corrected chi connectivity index (χ0v) is 29.2. The molecule has 3 N–H and O–H groups in total. The van der Waals surface area contributed by atoms with Gasteiger partial charge in [-0.3, -0.25) is 14.4 Å². The van der Waals surface area contributed by atoms with Gasteiger partial charge in [0.15, 0.2) is 23.0 Å². The highest BCUT2D eigenvalue weighted by molar-refractivity contribution is 6.39. The molecule has 0 aliphatic heterocycles. The van der Waals surface area contributed by atoms with Crippen molar-refractivity contribution in [2.75, 3.05) is 0 Å². The fourth-order valence-electron chi connectivity index (χ4n) is 6.61. The molecule has 6 aromatic carbocycles. The Labute approximate surface area is 313 Å². The van der Waals surface area contributed by atoms with Crippen molar-refractivity contribution in [1.82, 2.24) is 9.55 Å². The molecule has 0 radical (unpaired) electrons. The van der Waals surface area contributed by atoms with Gasteiger partial charge in [-0.2, -0.15) is 5.11 Å². The number of benzene rings is 6. The molecule has 8 aromatic rings. The number of para-hydroxylation sites is 2. The van der Waals surface area contributed by atoms with Crippen LogP contribution in [0.25, 0.3) is 43.9 Å². The predicted octanol–water partition coefficient (Wildman–Crippen LogP) is 9.61. The number of aliphatic hydroxyl groups is 1. The van der Waals surface area contributed by atoms with Crippen LogP contribution in [0.5, 0.6) is 11.5 Å². The first-order valence-corrected chi connectivity index (χ1v) is 17.2. The minimum absolute atomic E-state index is 0.0403. The van der Waals surface area contributed by atoms with Gasteiger partial charge in [-0.25, -0.2) is 4.98 Å². The van der Waals surface area contributed by atoms with E-state index >= 15 is 0 Å². The van der Waals surface area contributed by atoms with Crippen molar-refractivity contribution in [3.63, 3.8) is 0 Å². The zero-order chi connectivity index (χ0) is 38.2. The average Bonchev–Trinajstić information content (AvgIpc) is 3.46. The molecule has 0 unspecified atom stereocenters. The summed E-state index contributed by atoms with van der Waals surface area (Å²) in [5.74, 6) is -0.899. The molecule has 0 amide bonds. The van der Waals surface area contributed by atoms with Crippen LogP contribution in [-0.2, 0) is 7.05 Å². The number of ketones is 2. The first-order chi connectivity index (χ1) is 26.7. The number of carbonyl (C=O) groups is 2. The highest BCUT2D eigenvalue weighted by Gasteiger charge is 2.33. The van der Waals surface area contributed by atoms with Crippen molar-refractivity contribution < 1.29 is 24.9 Å². The number of allylic oxidation sites excluding steroid dienone is 1. The van der Waals surface area contributed by atoms with Crippen molar-refractivity contribution in [2.45, 2.75) is 0 Å². The van der Waals surface area contributed by atoms with Gasteiger partial charge in [0.05, 0.1) is 22.3 Å². The fourth-order valence-corrected chi connectivity index (χ4v) is 6.61. The molecule has 2 aromatic heterocycles. The molecule has 55 heavy (non-hydrogen) atoms. The van der Waals surface area contributed by atoms with Gasteiger partial charge in [0.25, 0.3) is 5.56 Å². The van der Waals surface area contributed by atoms with Crippen LogP contribution in [0, 0.1) is 0 Å². The Morgan fingerprint density at radius 3 is 1.96 bits per heavy atom. The molecule has 10 heteroatoms. The topological polar surface area (TPSA) is 154 Å². The highest BCUT2D eigenvalue weighted by atomic mass is 16.3. The molecule has 0 fully saturated rings. The monoisotopic (exact) mass is 722 g/mol. The Bertz CT molecular complexity index is 2970. The van der Waals surface area contributed by atoms with E-state index in [1.165, 1.54) is 4.57 Å². The third kappa shape index (κ3) is 6.27. The molecule has 0 atom stereocenters. The van der Waals surface area contributed by atoms with E-state index in [2.05, 4.69) is 15.2 Å². The lowest BCUT2D eigenvalue weighted by molar-refractivity contribution is 0.103. The van der Waals surface area contributed by atoms with Gasteiger partial charge in [0.1, 0.15) is 17.2 Å². The van der Waals surface area contributed by atoms with E-state index in [9.17, 15) is 29.7 Å². The Morgan fingerprint density at radius 2 is 1.24 bits per heavy atom. The lowest BCUT2D eigenvalue weighted by Crippen LogP contribution is -2.16. The first kappa shape index (κ1) is 34.4. The third-order valence-electron chi connectivity index (χ3n) is 9.47. The van der Waals surface area contributed by atoms with Gasteiger partial charge >= 0.3 is 0 Å². The number of aromatic hydroxyl groups is 2. The molecule has 0 bridgehead atoms. The summed E-state index contributed by atoms with van der Waals surface area (Å²) in [7, 11) is 1.62. The number of hydrogen-bond acceptors (Lipinski definition) is 9. The van der Waals surface area contributed by atoms with Gasteiger partial charge in [0, 0.05) is 40.1 Å². The Morgan fingerprint density at radius 1 is 0.636 bits per heavy atom. The van der Waals surface area contributed by atoms with Crippen LogP contribution in [0.15, 0.2) is 161 Å². The Balaban J connectivity index is 0.000000156. The third-order valence-corrected chi connectivity index (χ3v) is 9.47. The molecule has 10 nitrogen and oxygen atoms in total. The van der Waals surface area contributed by atoms with Crippen molar-refractivity contribution in [1.29, 1.82) is 0 Å². The quantitative estimate of drug-likeness (QED) is 0.118. The Hall–Kier alpha value is -7.72. The Kier molecular flexibility index (Phi) is 8.76. The van der Waals surface area contributed by atoms with E-state index in [0.717, 1.165) is 16.2 Å². The molecular formula is C45H30N4O6. The second-order valence-corrected chi connectivity index (χ2v) is 12.9. The van der Waals surface area contributed by atoms with E-state index < -0.39 is 5.56 Å². The number of pyridine rings is 2. The number of hydrogen-bond donors (Lipinski definition) is 3. The van der Waals surface area contributed by atoms with Gasteiger partial charge in [-0.1, -0.05) is 84.9 Å². The van der Waals surface area contributed by atoms with E-state index in [-0.39, 0.29) is 45.8 Å². The van der Waals surface area contributed by atoms with Gasteiger partial charge in [-0.05, 0) is 71.4 Å². The minimum Gasteiger partial charge on any atom is -0.506 e. The second kappa shape index (κ2) is 14.0. The lowest BCUT2D eigenvalue weighted by Gasteiger charge is -2.08. The summed E-state index contributed by atoms with van der Waals surface area (Å²) in [6.45, 7) is 0. The first-order valence-electron chi connectivity index (χ1n) is 17.2. The van der Waals surface area contributed by atoms with E-state index in [1.807, 2.05) is 60.7 Å². The average molecular weight is 723 g/mol. The number of nitrogens with zero attached hydrogens (tertiary/aromatic N) is 4. The van der Waals surface area contributed by atoms with Crippen molar-refractivity contribution >= 4 is 66.9 Å². The molecule has 1 aliphatic rings. The van der Waals surface area contributed by atoms with Gasteiger partial charge in [0.2, 0.25) is 0 Å². The van der Waals surface area contributed by atoms with Crippen LogP contribution in [0.4, 0.5) is 11.4 Å². The molecule has 1 aliphatic carbocycles. The number of azo groups is 1.